The van der Waals surface area contributed by atoms with Crippen molar-refractivity contribution >= 4 is 23.5 Å². The van der Waals surface area contributed by atoms with Gasteiger partial charge in [0.15, 0.2) is 0 Å². The number of fused-ring (bicyclic) bond motifs is 1. The smallest absolute Gasteiger partial charge is 0.0341 e. The summed E-state index contributed by atoms with van der Waals surface area (Å²) in [4.78, 5) is 1.47. The van der Waals surface area contributed by atoms with Crippen LogP contribution in [0.15, 0.2) is 29.2 Å². The molecule has 0 spiro atoms. The van der Waals surface area contributed by atoms with Gasteiger partial charge in [0, 0.05) is 17.0 Å². The summed E-state index contributed by atoms with van der Waals surface area (Å²) >= 11 is 4.04. The second kappa shape index (κ2) is 7.46. The number of nitrogens with one attached hydrogen (secondary N) is 1. The summed E-state index contributed by atoms with van der Waals surface area (Å²) in [6.45, 7) is 4.55. The number of benzene rings is 1. The molecule has 1 nitrogen and oxygen atoms in total. The third-order valence-electron chi connectivity index (χ3n) is 3.34. The average molecular weight is 281 g/mol. The predicted octanol–water partition coefficient (Wildman–Crippen LogP) is 4.34. The van der Waals surface area contributed by atoms with Gasteiger partial charge >= 0.3 is 0 Å². The lowest BCUT2D eigenvalue weighted by atomic mass is 10.0. The summed E-state index contributed by atoms with van der Waals surface area (Å²) in [5.74, 6) is 3.74. The molecule has 0 fully saturated rings. The Bertz CT molecular complexity index is 367. The maximum absolute atomic E-state index is 3.81. The first-order valence-electron chi connectivity index (χ1n) is 6.86. The summed E-state index contributed by atoms with van der Waals surface area (Å²) in [5, 5.41) is 3.81. The van der Waals surface area contributed by atoms with Crippen LogP contribution in [-0.2, 0) is 0 Å². The number of rotatable bonds is 6. The molecule has 2 rings (SSSR count). The van der Waals surface area contributed by atoms with E-state index in [-0.39, 0.29) is 0 Å². The monoisotopic (exact) mass is 281 g/mol. The summed E-state index contributed by atoms with van der Waals surface area (Å²) in [7, 11) is 0. The highest BCUT2D eigenvalue weighted by Gasteiger charge is 2.21. The van der Waals surface area contributed by atoms with E-state index in [1.54, 1.807) is 0 Å². The Morgan fingerprint density at radius 3 is 3.11 bits per heavy atom. The van der Waals surface area contributed by atoms with Crippen LogP contribution in [0.4, 0.5) is 0 Å². The highest BCUT2D eigenvalue weighted by atomic mass is 32.2. The number of hydrogen-bond donors (Lipinski definition) is 1. The quantitative estimate of drug-likeness (QED) is 0.779. The normalized spacial score (nSPS) is 20.4. The van der Waals surface area contributed by atoms with Crippen LogP contribution in [0.3, 0.4) is 0 Å². The molecule has 0 saturated carbocycles. The molecule has 3 heteroatoms. The highest BCUT2D eigenvalue weighted by molar-refractivity contribution is 7.99. The lowest BCUT2D eigenvalue weighted by Gasteiger charge is -2.28. The van der Waals surface area contributed by atoms with E-state index in [0.717, 1.165) is 0 Å². The minimum atomic E-state index is 0.559. The fourth-order valence-electron chi connectivity index (χ4n) is 2.35. The van der Waals surface area contributed by atoms with Crippen LogP contribution < -0.4 is 5.32 Å². The largest absolute Gasteiger partial charge is 0.307 e. The van der Waals surface area contributed by atoms with E-state index < -0.39 is 0 Å². The van der Waals surface area contributed by atoms with Gasteiger partial charge in [-0.3, -0.25) is 0 Å². The standard InChI is InChI=1S/C15H23NS2/c1-3-17-10-8-12(2)16-14-9-11-18-15-7-5-4-6-13(14)15/h4-7,12,14,16H,3,8-11H2,1-2H3. The van der Waals surface area contributed by atoms with E-state index in [4.69, 9.17) is 0 Å². The van der Waals surface area contributed by atoms with Crippen LogP contribution in [0.5, 0.6) is 0 Å². The van der Waals surface area contributed by atoms with Crippen molar-refractivity contribution in [1.82, 2.24) is 5.32 Å². The molecule has 0 amide bonds. The Morgan fingerprint density at radius 2 is 2.28 bits per heavy atom. The number of thioether (sulfide) groups is 2. The first kappa shape index (κ1) is 14.3. The zero-order valence-electron chi connectivity index (χ0n) is 11.3. The van der Waals surface area contributed by atoms with Gasteiger partial charge in [-0.05, 0) is 48.7 Å². The molecule has 1 aromatic rings. The molecule has 1 heterocycles. The topological polar surface area (TPSA) is 12.0 Å². The van der Waals surface area contributed by atoms with Crippen LogP contribution in [0.25, 0.3) is 0 Å². The molecular formula is C15H23NS2. The molecule has 100 valence electrons. The van der Waals surface area contributed by atoms with E-state index in [1.807, 2.05) is 23.5 Å². The van der Waals surface area contributed by atoms with Gasteiger partial charge < -0.3 is 5.32 Å². The third kappa shape index (κ3) is 3.94. The fraction of sp³-hybridized carbons (Fsp3) is 0.600. The van der Waals surface area contributed by atoms with Crippen LogP contribution in [0.2, 0.25) is 0 Å². The minimum Gasteiger partial charge on any atom is -0.307 e. The van der Waals surface area contributed by atoms with Crippen molar-refractivity contribution in [2.45, 2.75) is 43.7 Å². The Morgan fingerprint density at radius 1 is 1.44 bits per heavy atom. The maximum atomic E-state index is 3.81. The second-order valence-electron chi connectivity index (χ2n) is 4.78. The summed E-state index contributed by atoms with van der Waals surface area (Å²) in [6.07, 6.45) is 2.53. The van der Waals surface area contributed by atoms with Gasteiger partial charge in [0.1, 0.15) is 0 Å². The third-order valence-corrected chi connectivity index (χ3v) is 5.40. The number of hydrogen-bond acceptors (Lipinski definition) is 3. The molecule has 0 aromatic heterocycles. The van der Waals surface area contributed by atoms with E-state index >= 15 is 0 Å². The lowest BCUT2D eigenvalue weighted by molar-refractivity contribution is 0.434. The molecule has 1 aliphatic rings. The minimum absolute atomic E-state index is 0.559. The Labute approximate surface area is 120 Å². The van der Waals surface area contributed by atoms with Crippen LogP contribution in [0.1, 0.15) is 38.3 Å². The average Bonchev–Trinajstić information content (AvgIpc) is 2.39. The Kier molecular flexibility index (Phi) is 5.93. The van der Waals surface area contributed by atoms with E-state index in [1.165, 1.54) is 40.6 Å². The van der Waals surface area contributed by atoms with E-state index in [9.17, 15) is 0 Å². The first-order valence-corrected chi connectivity index (χ1v) is 9.00. The van der Waals surface area contributed by atoms with Gasteiger partial charge in [-0.2, -0.15) is 11.8 Å². The van der Waals surface area contributed by atoms with E-state index in [2.05, 4.69) is 43.4 Å². The molecule has 1 aliphatic heterocycles. The predicted molar refractivity (Wildman–Crippen MR) is 84.7 cm³/mol. The summed E-state index contributed by atoms with van der Waals surface area (Å²) in [6, 6.07) is 10.0. The molecule has 2 unspecified atom stereocenters. The van der Waals surface area contributed by atoms with E-state index in [0.29, 0.717) is 12.1 Å². The van der Waals surface area contributed by atoms with Crippen molar-refractivity contribution in [3.8, 4) is 0 Å². The molecule has 1 N–H and O–H groups in total. The first-order chi connectivity index (χ1) is 8.81. The molecular weight excluding hydrogens is 258 g/mol. The maximum Gasteiger partial charge on any atom is 0.0341 e. The van der Waals surface area contributed by atoms with Crippen molar-refractivity contribution in [3.63, 3.8) is 0 Å². The highest BCUT2D eigenvalue weighted by Crippen LogP contribution is 2.36. The molecule has 1 aromatic carbocycles. The van der Waals surface area contributed by atoms with Gasteiger partial charge in [-0.1, -0.05) is 25.1 Å². The zero-order chi connectivity index (χ0) is 12.8. The van der Waals surface area contributed by atoms with Crippen molar-refractivity contribution in [2.24, 2.45) is 0 Å². The Balaban J connectivity index is 1.90. The molecule has 18 heavy (non-hydrogen) atoms. The van der Waals surface area contributed by atoms with Gasteiger partial charge in [-0.25, -0.2) is 0 Å². The summed E-state index contributed by atoms with van der Waals surface area (Å²) in [5.41, 5.74) is 1.50. The molecule has 2 atom stereocenters. The van der Waals surface area contributed by atoms with Gasteiger partial charge in [0.25, 0.3) is 0 Å². The summed E-state index contributed by atoms with van der Waals surface area (Å²) < 4.78 is 0. The Hall–Kier alpha value is -0.120. The van der Waals surface area contributed by atoms with Crippen LogP contribution in [0, 0.1) is 0 Å². The van der Waals surface area contributed by atoms with Crippen molar-refractivity contribution < 1.29 is 0 Å². The zero-order valence-corrected chi connectivity index (χ0v) is 12.9. The van der Waals surface area contributed by atoms with Gasteiger partial charge in [0.05, 0.1) is 0 Å². The SMILES string of the molecule is CCSCCC(C)NC1CCSc2ccccc21. The lowest BCUT2D eigenvalue weighted by Crippen LogP contribution is -2.32. The van der Waals surface area contributed by atoms with Crippen LogP contribution in [-0.4, -0.2) is 23.3 Å². The fourth-order valence-corrected chi connectivity index (χ4v) is 4.28. The van der Waals surface area contributed by atoms with Crippen molar-refractivity contribution in [1.29, 1.82) is 0 Å². The van der Waals surface area contributed by atoms with Gasteiger partial charge in [-0.15, -0.1) is 11.8 Å². The molecule has 0 aliphatic carbocycles. The van der Waals surface area contributed by atoms with Crippen molar-refractivity contribution in [2.75, 3.05) is 17.3 Å². The van der Waals surface area contributed by atoms with Gasteiger partial charge in [0.2, 0.25) is 0 Å². The molecule has 0 saturated heterocycles. The molecule has 0 bridgehead atoms. The van der Waals surface area contributed by atoms with Crippen molar-refractivity contribution in [3.05, 3.63) is 29.8 Å². The van der Waals surface area contributed by atoms with Crippen LogP contribution >= 0.6 is 23.5 Å². The molecule has 0 radical (unpaired) electrons. The second-order valence-corrected chi connectivity index (χ2v) is 7.31.